The van der Waals surface area contributed by atoms with Crippen LogP contribution >= 0.6 is 11.3 Å². The second kappa shape index (κ2) is 2.96. The highest BCUT2D eigenvalue weighted by molar-refractivity contribution is 7.20. The Morgan fingerprint density at radius 2 is 2.30 bits per heavy atom. The first-order valence-electron chi connectivity index (χ1n) is 2.64. The molecule has 0 saturated heterocycles. The molecule has 0 aromatic carbocycles. The second-order valence-corrected chi connectivity index (χ2v) is 2.72. The fourth-order valence-electron chi connectivity index (χ4n) is 0.566. The van der Waals surface area contributed by atoms with Gasteiger partial charge in [0.2, 0.25) is 0 Å². The summed E-state index contributed by atoms with van der Waals surface area (Å²) in [5.74, 6) is 0. The van der Waals surface area contributed by atoms with Crippen molar-refractivity contribution < 1.29 is 14.8 Å². The molecule has 0 fully saturated rings. The number of aldehydes is 1. The van der Waals surface area contributed by atoms with Crippen LogP contribution < -0.4 is 4.78 Å². The number of hydrogen-bond acceptors (Lipinski definition) is 4. The third kappa shape index (κ3) is 1.44. The highest BCUT2D eigenvalue weighted by atomic mass is 32.1. The summed E-state index contributed by atoms with van der Waals surface area (Å²) in [5.41, 5.74) is 0.480. The Balaban J connectivity index is 2.88. The van der Waals surface area contributed by atoms with Gasteiger partial charge in [-0.25, -0.2) is 0 Å². The van der Waals surface area contributed by atoms with Gasteiger partial charge in [-0.15, -0.1) is 0 Å². The van der Waals surface area contributed by atoms with E-state index >= 15 is 0 Å². The lowest BCUT2D eigenvalue weighted by Gasteiger charge is -1.87. The van der Waals surface area contributed by atoms with E-state index in [1.807, 2.05) is 0 Å². The van der Waals surface area contributed by atoms with E-state index in [9.17, 15) is 4.79 Å². The molecular weight excluding hydrogens is 151 g/mol. The van der Waals surface area contributed by atoms with Gasteiger partial charge < -0.3 is 10.0 Å². The van der Waals surface area contributed by atoms with Crippen molar-refractivity contribution in [2.45, 2.75) is 0 Å². The van der Waals surface area contributed by atoms with E-state index in [2.05, 4.69) is 0 Å². The zero-order chi connectivity index (χ0) is 7.56. The van der Waals surface area contributed by atoms with Crippen LogP contribution in [0.25, 0.3) is 0 Å². The van der Waals surface area contributed by atoms with Crippen molar-refractivity contribution in [3.05, 3.63) is 17.0 Å². The number of carbonyl (C=O) groups excluding carboxylic acids is 1. The second-order valence-electron chi connectivity index (χ2n) is 1.77. The van der Waals surface area contributed by atoms with E-state index in [0.29, 0.717) is 16.6 Å². The number of hydrogen-bond donors (Lipinski definition) is 2. The molecule has 10 heavy (non-hydrogen) atoms. The van der Waals surface area contributed by atoms with Crippen LogP contribution in [-0.4, -0.2) is 23.5 Å². The largest absolute Gasteiger partial charge is 0.499 e. The molecule has 0 radical (unpaired) electrons. The monoisotopic (exact) mass is 156 g/mol. The van der Waals surface area contributed by atoms with E-state index in [-0.39, 0.29) is 0 Å². The topological polar surface area (TPSA) is 57.5 Å². The maximum atomic E-state index is 10.1. The highest BCUT2D eigenvalue weighted by Crippen LogP contribution is 2.00. The summed E-state index contributed by atoms with van der Waals surface area (Å²) >= 11 is 1.15. The molecule has 0 amide bonds. The van der Waals surface area contributed by atoms with E-state index in [1.165, 1.54) is 6.07 Å². The maximum Gasteiger partial charge on any atom is 0.499 e. The lowest BCUT2D eigenvalue weighted by Crippen LogP contribution is -2.26. The van der Waals surface area contributed by atoms with Gasteiger partial charge in [0.1, 0.15) is 0 Å². The van der Waals surface area contributed by atoms with Crippen molar-refractivity contribution in [1.29, 1.82) is 0 Å². The Hall–Kier alpha value is -0.645. The van der Waals surface area contributed by atoms with Gasteiger partial charge in [0.15, 0.2) is 6.29 Å². The smallest absolute Gasteiger partial charge is 0.423 e. The van der Waals surface area contributed by atoms with E-state index in [1.54, 1.807) is 5.38 Å². The molecule has 0 bridgehead atoms. The van der Waals surface area contributed by atoms with Gasteiger partial charge in [-0.05, 0) is 6.07 Å². The Kier molecular flexibility index (Phi) is 2.21. The Morgan fingerprint density at radius 1 is 1.60 bits per heavy atom. The van der Waals surface area contributed by atoms with Gasteiger partial charge >= 0.3 is 7.12 Å². The lowest BCUT2D eigenvalue weighted by atomic mass is 9.89. The van der Waals surface area contributed by atoms with Gasteiger partial charge in [-0.2, -0.15) is 11.3 Å². The van der Waals surface area contributed by atoms with Crippen molar-refractivity contribution in [2.75, 3.05) is 0 Å². The van der Waals surface area contributed by atoms with Crippen molar-refractivity contribution in [2.24, 2.45) is 0 Å². The minimum Gasteiger partial charge on any atom is -0.423 e. The average Bonchev–Trinajstić information content (AvgIpc) is 2.34. The minimum atomic E-state index is -1.46. The third-order valence-electron chi connectivity index (χ3n) is 1.03. The summed E-state index contributed by atoms with van der Waals surface area (Å²) in [4.78, 5) is 10.1. The number of carbonyl (C=O) groups is 1. The third-order valence-corrected chi connectivity index (χ3v) is 2.02. The van der Waals surface area contributed by atoms with Crippen LogP contribution in [0, 0.1) is 0 Å². The molecule has 5 heteroatoms. The molecule has 0 aliphatic carbocycles. The summed E-state index contributed by atoms with van der Waals surface area (Å²) < 4.78 is 0.391. The van der Waals surface area contributed by atoms with Crippen LogP contribution in [0.4, 0.5) is 0 Å². The van der Waals surface area contributed by atoms with Crippen molar-refractivity contribution in [3.8, 4) is 0 Å². The highest BCUT2D eigenvalue weighted by Gasteiger charge is 2.12. The van der Waals surface area contributed by atoms with Crippen LogP contribution in [0.1, 0.15) is 10.4 Å². The summed E-state index contributed by atoms with van der Waals surface area (Å²) in [6, 6.07) is 1.45. The van der Waals surface area contributed by atoms with Gasteiger partial charge in [0.05, 0.1) is 0 Å². The molecule has 0 saturated carbocycles. The molecule has 3 nitrogen and oxygen atoms in total. The standard InChI is InChI=1S/C5H5BO3S/c7-2-4-1-5(6(8)9)10-3-4/h1-3,8-9H. The molecule has 1 heterocycles. The first-order chi connectivity index (χ1) is 4.74. The Morgan fingerprint density at radius 3 is 2.60 bits per heavy atom. The van der Waals surface area contributed by atoms with Crippen molar-refractivity contribution in [1.82, 2.24) is 0 Å². The summed E-state index contributed by atoms with van der Waals surface area (Å²) in [6.45, 7) is 0. The zero-order valence-corrected chi connectivity index (χ0v) is 5.84. The molecule has 1 rings (SSSR count). The molecule has 0 aliphatic heterocycles. The molecule has 2 N–H and O–H groups in total. The van der Waals surface area contributed by atoms with Crippen LogP contribution in [0.5, 0.6) is 0 Å². The van der Waals surface area contributed by atoms with E-state index in [0.717, 1.165) is 11.3 Å². The number of thiophene rings is 1. The molecule has 1 aromatic heterocycles. The maximum absolute atomic E-state index is 10.1. The summed E-state index contributed by atoms with van der Waals surface area (Å²) in [7, 11) is -1.46. The molecule has 0 aliphatic rings. The molecular formula is C5H5BO3S. The van der Waals surface area contributed by atoms with Crippen molar-refractivity contribution in [3.63, 3.8) is 0 Å². The summed E-state index contributed by atoms with van der Waals surface area (Å²) in [6.07, 6.45) is 0.669. The number of rotatable bonds is 2. The van der Waals surface area contributed by atoms with E-state index < -0.39 is 7.12 Å². The molecule has 52 valence electrons. The fraction of sp³-hybridized carbons (Fsp3) is 0. The van der Waals surface area contributed by atoms with Gasteiger partial charge in [0.25, 0.3) is 0 Å². The van der Waals surface area contributed by atoms with Gasteiger partial charge in [-0.3, -0.25) is 4.79 Å². The van der Waals surface area contributed by atoms with E-state index in [4.69, 9.17) is 10.0 Å². The normalized spacial score (nSPS) is 9.40. The Bertz CT molecular complexity index is 233. The molecule has 0 spiro atoms. The van der Waals surface area contributed by atoms with Crippen LogP contribution in [-0.2, 0) is 0 Å². The minimum absolute atomic E-state index is 0.391. The van der Waals surface area contributed by atoms with Crippen LogP contribution in [0.15, 0.2) is 11.4 Å². The van der Waals surface area contributed by atoms with Crippen LogP contribution in [0.3, 0.4) is 0 Å². The SMILES string of the molecule is O=Cc1csc(B(O)O)c1. The predicted octanol–water partition coefficient (Wildman–Crippen LogP) is -0.760. The summed E-state index contributed by atoms with van der Waals surface area (Å²) in [5, 5.41) is 18.7. The molecule has 1 aromatic rings. The molecule has 0 unspecified atom stereocenters. The quantitative estimate of drug-likeness (QED) is 0.437. The van der Waals surface area contributed by atoms with Crippen LogP contribution in [0.2, 0.25) is 0 Å². The average molecular weight is 156 g/mol. The first kappa shape index (κ1) is 7.46. The lowest BCUT2D eigenvalue weighted by molar-refractivity contribution is 0.112. The predicted molar refractivity (Wildman–Crippen MR) is 39.5 cm³/mol. The zero-order valence-electron chi connectivity index (χ0n) is 5.02. The van der Waals surface area contributed by atoms with Gasteiger partial charge in [0, 0.05) is 15.7 Å². The van der Waals surface area contributed by atoms with Gasteiger partial charge in [-0.1, -0.05) is 0 Å². The Labute approximate surface area is 62.1 Å². The first-order valence-corrected chi connectivity index (χ1v) is 3.51. The molecule has 0 atom stereocenters. The fourth-order valence-corrected chi connectivity index (χ4v) is 1.29. The van der Waals surface area contributed by atoms with Crippen molar-refractivity contribution >= 4 is 29.5 Å².